The highest BCUT2D eigenvalue weighted by Crippen LogP contribution is 2.35. The lowest BCUT2D eigenvalue weighted by Gasteiger charge is -2.20. The van der Waals surface area contributed by atoms with Crippen molar-refractivity contribution in [1.29, 1.82) is 0 Å². The maximum atomic E-state index is 6.58. The van der Waals surface area contributed by atoms with Crippen LogP contribution in [0.25, 0.3) is 10.9 Å². The zero-order chi connectivity index (χ0) is 16.6. The largest absolute Gasteiger partial charge is 0.362 e. The number of aromatic nitrogens is 1. The number of H-pyrrole nitrogens is 1. The minimum absolute atomic E-state index is 0.483. The first-order chi connectivity index (χ1) is 11.0. The number of aromatic amines is 1. The second-order valence-electron chi connectivity index (χ2n) is 6.50. The van der Waals surface area contributed by atoms with Crippen LogP contribution in [0.5, 0.6) is 0 Å². The quantitative estimate of drug-likeness (QED) is 0.771. The normalized spacial score (nSPS) is 15.8. The number of hydrogen-bond acceptors (Lipinski definition) is 2. The summed E-state index contributed by atoms with van der Waals surface area (Å²) in [5.74, 6) is 0.483. The third-order valence-electron chi connectivity index (χ3n) is 4.58. The van der Waals surface area contributed by atoms with E-state index in [2.05, 4.69) is 53.8 Å². The summed E-state index contributed by atoms with van der Waals surface area (Å²) in [6.45, 7) is 8.40. The summed E-state index contributed by atoms with van der Waals surface area (Å²) in [6, 6.07) is 6.46. The summed E-state index contributed by atoms with van der Waals surface area (Å²) in [4.78, 5) is 10.1. The lowest BCUT2D eigenvalue weighted by atomic mass is 10.1. The van der Waals surface area contributed by atoms with E-state index in [0.717, 1.165) is 35.7 Å². The lowest BCUT2D eigenvalue weighted by molar-refractivity contribution is 0.836. The number of nitrogens with zero attached hydrogens (tertiary/aromatic N) is 2. The molecule has 0 saturated carbocycles. The van der Waals surface area contributed by atoms with Crippen LogP contribution in [0, 0.1) is 0 Å². The Bertz CT molecular complexity index is 783. The van der Waals surface area contributed by atoms with Gasteiger partial charge in [0.1, 0.15) is 0 Å². The molecule has 0 atom stereocenters. The van der Waals surface area contributed by atoms with E-state index in [-0.39, 0.29) is 0 Å². The molecule has 0 amide bonds. The van der Waals surface area contributed by atoms with Gasteiger partial charge in [-0.3, -0.25) is 4.99 Å². The predicted octanol–water partition coefficient (Wildman–Crippen LogP) is 5.17. The Kier molecular flexibility index (Phi) is 4.49. The molecule has 0 bridgehead atoms. The summed E-state index contributed by atoms with van der Waals surface area (Å²) in [5.41, 5.74) is 6.27. The first-order valence-corrected chi connectivity index (χ1v) is 8.61. The van der Waals surface area contributed by atoms with Gasteiger partial charge in [-0.15, -0.1) is 0 Å². The topological polar surface area (TPSA) is 31.4 Å². The van der Waals surface area contributed by atoms with E-state index in [1.807, 2.05) is 13.3 Å². The van der Waals surface area contributed by atoms with Gasteiger partial charge in [-0.2, -0.15) is 0 Å². The van der Waals surface area contributed by atoms with Gasteiger partial charge in [0.2, 0.25) is 0 Å². The van der Waals surface area contributed by atoms with Crippen molar-refractivity contribution in [2.45, 2.75) is 33.1 Å². The van der Waals surface area contributed by atoms with Crippen LogP contribution >= 0.6 is 11.6 Å². The van der Waals surface area contributed by atoms with E-state index < -0.39 is 0 Å². The summed E-state index contributed by atoms with van der Waals surface area (Å²) >= 11 is 6.58. The molecule has 1 aliphatic heterocycles. The molecule has 0 aliphatic carbocycles. The second-order valence-corrected chi connectivity index (χ2v) is 6.90. The SMILES string of the molecule is CCC1=C(C=NC)CN(c2cc3[nH]c(C(C)C)cc3cc2Cl)C1. The molecule has 3 rings (SSSR count). The van der Waals surface area contributed by atoms with Gasteiger partial charge in [-0.05, 0) is 41.7 Å². The fourth-order valence-electron chi connectivity index (χ4n) is 3.22. The molecule has 0 unspecified atom stereocenters. The molecule has 0 fully saturated rings. The van der Waals surface area contributed by atoms with E-state index in [0.29, 0.717) is 5.92 Å². The standard InChI is InChI=1S/C19H24ClN3/c1-5-13-10-23(11-15(13)9-21-4)19-8-18-14(6-16(19)20)7-17(22-18)12(2)3/h6-9,12,22H,5,10-11H2,1-4H3. The Balaban J connectivity index is 1.96. The van der Waals surface area contributed by atoms with Crippen molar-refractivity contribution in [2.75, 3.05) is 25.0 Å². The predicted molar refractivity (Wildman–Crippen MR) is 101 cm³/mol. The number of benzene rings is 1. The van der Waals surface area contributed by atoms with Gasteiger partial charge in [0, 0.05) is 42.9 Å². The molecule has 3 nitrogen and oxygen atoms in total. The average Bonchev–Trinajstić information content (AvgIpc) is 3.10. The van der Waals surface area contributed by atoms with Crippen LogP contribution in [-0.2, 0) is 0 Å². The molecular formula is C19H24ClN3. The monoisotopic (exact) mass is 329 g/mol. The van der Waals surface area contributed by atoms with Crippen molar-refractivity contribution >= 4 is 34.4 Å². The minimum atomic E-state index is 0.483. The molecule has 122 valence electrons. The molecule has 4 heteroatoms. The zero-order valence-corrected chi connectivity index (χ0v) is 15.0. The van der Waals surface area contributed by atoms with Crippen LogP contribution in [0.2, 0.25) is 5.02 Å². The molecule has 1 aromatic heterocycles. The van der Waals surface area contributed by atoms with Crippen molar-refractivity contribution in [2.24, 2.45) is 4.99 Å². The number of rotatable bonds is 4. The third-order valence-corrected chi connectivity index (χ3v) is 4.88. The number of nitrogens with one attached hydrogen (secondary N) is 1. The summed E-state index contributed by atoms with van der Waals surface area (Å²) in [5, 5.41) is 2.00. The van der Waals surface area contributed by atoms with Gasteiger partial charge >= 0.3 is 0 Å². The van der Waals surface area contributed by atoms with Crippen LogP contribution in [-0.4, -0.2) is 31.3 Å². The van der Waals surface area contributed by atoms with E-state index in [4.69, 9.17) is 11.6 Å². The molecule has 2 heterocycles. The first kappa shape index (κ1) is 16.1. The Morgan fingerprint density at radius 3 is 2.74 bits per heavy atom. The van der Waals surface area contributed by atoms with Crippen LogP contribution in [0.15, 0.2) is 34.3 Å². The van der Waals surface area contributed by atoms with Gasteiger partial charge in [0.05, 0.1) is 10.7 Å². The number of anilines is 1. The number of fused-ring (bicyclic) bond motifs is 1. The Hall–Kier alpha value is -1.74. The van der Waals surface area contributed by atoms with Crippen LogP contribution in [0.4, 0.5) is 5.69 Å². The molecule has 23 heavy (non-hydrogen) atoms. The number of hydrogen-bond donors (Lipinski definition) is 1. The van der Waals surface area contributed by atoms with Gasteiger partial charge in [-0.25, -0.2) is 0 Å². The summed E-state index contributed by atoms with van der Waals surface area (Å²) in [6.07, 6.45) is 3.04. The minimum Gasteiger partial charge on any atom is -0.362 e. The van der Waals surface area contributed by atoms with Crippen molar-refractivity contribution in [3.63, 3.8) is 0 Å². The molecule has 0 radical (unpaired) electrons. The molecule has 1 aliphatic rings. The Morgan fingerprint density at radius 2 is 2.09 bits per heavy atom. The number of aliphatic imine (C=N–C) groups is 1. The maximum Gasteiger partial charge on any atom is 0.0647 e. The Morgan fingerprint density at radius 1 is 1.30 bits per heavy atom. The molecule has 1 N–H and O–H groups in total. The van der Waals surface area contributed by atoms with Gasteiger partial charge in [0.15, 0.2) is 0 Å². The van der Waals surface area contributed by atoms with Crippen LogP contribution in [0.1, 0.15) is 38.8 Å². The van der Waals surface area contributed by atoms with Gasteiger partial charge < -0.3 is 9.88 Å². The molecule has 2 aromatic rings. The van der Waals surface area contributed by atoms with E-state index in [9.17, 15) is 0 Å². The van der Waals surface area contributed by atoms with Gasteiger partial charge in [0.25, 0.3) is 0 Å². The van der Waals surface area contributed by atoms with Gasteiger partial charge in [-0.1, -0.05) is 32.4 Å². The molecular weight excluding hydrogens is 306 g/mol. The van der Waals surface area contributed by atoms with E-state index >= 15 is 0 Å². The first-order valence-electron chi connectivity index (χ1n) is 8.23. The smallest absolute Gasteiger partial charge is 0.0647 e. The van der Waals surface area contributed by atoms with Crippen LogP contribution in [0.3, 0.4) is 0 Å². The zero-order valence-electron chi connectivity index (χ0n) is 14.3. The van der Waals surface area contributed by atoms with Crippen molar-refractivity contribution < 1.29 is 0 Å². The molecule has 0 spiro atoms. The van der Waals surface area contributed by atoms with Crippen molar-refractivity contribution in [3.05, 3.63) is 40.1 Å². The van der Waals surface area contributed by atoms with Crippen molar-refractivity contribution in [3.8, 4) is 0 Å². The fourth-order valence-corrected chi connectivity index (χ4v) is 3.51. The number of halogens is 1. The van der Waals surface area contributed by atoms with E-state index in [1.165, 1.54) is 22.2 Å². The fraction of sp³-hybridized carbons (Fsp3) is 0.421. The Labute approximate surface area is 143 Å². The average molecular weight is 330 g/mol. The van der Waals surface area contributed by atoms with Crippen molar-refractivity contribution in [1.82, 2.24) is 4.98 Å². The second kappa shape index (κ2) is 6.40. The molecule has 1 aromatic carbocycles. The maximum absolute atomic E-state index is 6.58. The van der Waals surface area contributed by atoms with Crippen LogP contribution < -0.4 is 4.90 Å². The lowest BCUT2D eigenvalue weighted by Crippen LogP contribution is -2.21. The highest BCUT2D eigenvalue weighted by Gasteiger charge is 2.22. The van der Waals surface area contributed by atoms with E-state index in [1.54, 1.807) is 0 Å². The molecule has 0 saturated heterocycles. The highest BCUT2D eigenvalue weighted by atomic mass is 35.5. The summed E-state index contributed by atoms with van der Waals surface area (Å²) < 4.78 is 0. The highest BCUT2D eigenvalue weighted by molar-refractivity contribution is 6.34. The summed E-state index contributed by atoms with van der Waals surface area (Å²) in [7, 11) is 1.83. The third kappa shape index (κ3) is 3.02.